The molecule has 5 heteroatoms. The van der Waals surface area contributed by atoms with Gasteiger partial charge in [0, 0.05) is 33.7 Å². The Kier molecular flexibility index (Phi) is 7.39. The number of aryl methyl sites for hydroxylation is 3. The Hall–Kier alpha value is -3.44. The van der Waals surface area contributed by atoms with Gasteiger partial charge in [-0.25, -0.2) is 4.99 Å². The van der Waals surface area contributed by atoms with Gasteiger partial charge in [-0.15, -0.1) is 11.3 Å². The summed E-state index contributed by atoms with van der Waals surface area (Å²) in [6.45, 7) is 15.6. The third kappa shape index (κ3) is 5.38. The topological polar surface area (TPSA) is 46.4 Å². The van der Waals surface area contributed by atoms with E-state index in [1.165, 1.54) is 32.9 Å². The fourth-order valence-corrected chi connectivity index (χ4v) is 7.17. The average molecular weight is 538 g/mol. The van der Waals surface area contributed by atoms with Crippen LogP contribution in [-0.2, 0) is 12.8 Å². The van der Waals surface area contributed by atoms with Crippen LogP contribution in [0.15, 0.2) is 59.6 Å². The molecular formula is C34H39N3OS. The number of amides is 1. The molecule has 0 unspecified atom stereocenters. The lowest BCUT2D eigenvalue weighted by Gasteiger charge is -2.33. The molecule has 0 saturated heterocycles. The minimum Gasteiger partial charge on any atom is -0.322 e. The Labute approximate surface area is 236 Å². The van der Waals surface area contributed by atoms with Crippen LogP contribution < -0.4 is 5.32 Å². The molecule has 0 radical (unpaired) electrons. The first-order chi connectivity index (χ1) is 18.5. The molecule has 1 N–H and O–H groups in total. The molecule has 2 aromatic carbocycles. The van der Waals surface area contributed by atoms with Crippen LogP contribution in [-0.4, -0.2) is 16.7 Å². The second-order valence-electron chi connectivity index (χ2n) is 12.0. The molecule has 0 fully saturated rings. The SMILES string of the molecule is Cc1cccc(C)c1-n1c(C)cc(C=Nc2sc3c(c2C(=O)Nc2ccccc2)CC[C@@H](C(C)(C)C)C3)c1C. The van der Waals surface area contributed by atoms with E-state index in [0.717, 1.165) is 46.8 Å². The van der Waals surface area contributed by atoms with E-state index >= 15 is 0 Å². The molecule has 39 heavy (non-hydrogen) atoms. The molecule has 5 rings (SSSR count). The second kappa shape index (κ2) is 10.6. The fourth-order valence-electron chi connectivity index (χ4n) is 5.90. The van der Waals surface area contributed by atoms with E-state index in [-0.39, 0.29) is 11.3 Å². The number of thiophene rings is 1. The summed E-state index contributed by atoms with van der Waals surface area (Å²) in [5.74, 6) is 0.530. The summed E-state index contributed by atoms with van der Waals surface area (Å²) in [6, 6.07) is 18.3. The lowest BCUT2D eigenvalue weighted by atomic mass is 9.72. The number of fused-ring (bicyclic) bond motifs is 1. The Morgan fingerprint density at radius 2 is 1.72 bits per heavy atom. The first-order valence-electron chi connectivity index (χ1n) is 13.8. The number of rotatable bonds is 5. The van der Waals surface area contributed by atoms with E-state index in [0.29, 0.717) is 5.92 Å². The van der Waals surface area contributed by atoms with Crippen molar-refractivity contribution in [1.29, 1.82) is 0 Å². The number of hydrogen-bond acceptors (Lipinski definition) is 3. The van der Waals surface area contributed by atoms with Gasteiger partial charge >= 0.3 is 0 Å². The molecule has 2 heterocycles. The molecule has 0 saturated carbocycles. The maximum atomic E-state index is 13.7. The van der Waals surface area contributed by atoms with Crippen LogP contribution in [0.5, 0.6) is 0 Å². The van der Waals surface area contributed by atoms with Crippen LogP contribution in [0.4, 0.5) is 10.7 Å². The number of carbonyl (C=O) groups excluding carboxylic acids is 1. The van der Waals surface area contributed by atoms with Crippen molar-refractivity contribution < 1.29 is 4.79 Å². The number of nitrogens with one attached hydrogen (secondary N) is 1. The molecule has 1 atom stereocenters. The molecule has 1 aliphatic rings. The highest BCUT2D eigenvalue weighted by molar-refractivity contribution is 7.16. The van der Waals surface area contributed by atoms with E-state index in [1.54, 1.807) is 11.3 Å². The normalized spacial score (nSPS) is 15.5. The zero-order valence-corrected chi connectivity index (χ0v) is 25.0. The summed E-state index contributed by atoms with van der Waals surface area (Å²) in [7, 11) is 0. The minimum absolute atomic E-state index is 0.0685. The van der Waals surface area contributed by atoms with E-state index in [2.05, 4.69) is 82.6 Å². The van der Waals surface area contributed by atoms with Gasteiger partial charge in [-0.1, -0.05) is 57.2 Å². The summed E-state index contributed by atoms with van der Waals surface area (Å²) in [5.41, 5.74) is 10.1. The number of aliphatic imine (C=N–C) groups is 1. The number of para-hydroxylation sites is 2. The zero-order valence-electron chi connectivity index (χ0n) is 24.2. The van der Waals surface area contributed by atoms with Gasteiger partial charge in [0.25, 0.3) is 5.91 Å². The Bertz CT molecular complexity index is 1530. The van der Waals surface area contributed by atoms with Crippen LogP contribution in [0, 0.1) is 39.0 Å². The van der Waals surface area contributed by atoms with Crippen molar-refractivity contribution in [3.05, 3.63) is 98.7 Å². The number of benzene rings is 2. The predicted molar refractivity (Wildman–Crippen MR) is 166 cm³/mol. The van der Waals surface area contributed by atoms with Crippen molar-refractivity contribution >= 4 is 34.1 Å². The first kappa shape index (κ1) is 27.1. The highest BCUT2D eigenvalue weighted by Crippen LogP contribution is 2.45. The van der Waals surface area contributed by atoms with Crippen LogP contribution in [0.1, 0.15) is 76.1 Å². The largest absolute Gasteiger partial charge is 0.322 e. The Morgan fingerprint density at radius 1 is 1.03 bits per heavy atom. The quantitative estimate of drug-likeness (QED) is 0.254. The van der Waals surface area contributed by atoms with Crippen molar-refractivity contribution in [1.82, 2.24) is 4.57 Å². The van der Waals surface area contributed by atoms with Gasteiger partial charge in [0.2, 0.25) is 0 Å². The summed E-state index contributed by atoms with van der Waals surface area (Å²) in [5, 5.41) is 3.93. The lowest BCUT2D eigenvalue weighted by Crippen LogP contribution is -2.27. The molecule has 0 bridgehead atoms. The van der Waals surface area contributed by atoms with Crippen molar-refractivity contribution in [3.8, 4) is 5.69 Å². The van der Waals surface area contributed by atoms with Crippen LogP contribution in [0.25, 0.3) is 5.69 Å². The highest BCUT2D eigenvalue weighted by Gasteiger charge is 2.33. The average Bonchev–Trinajstić information content (AvgIpc) is 3.39. The fraction of sp³-hybridized carbons (Fsp3) is 0.353. The third-order valence-electron chi connectivity index (χ3n) is 8.18. The number of carbonyl (C=O) groups is 1. The first-order valence-corrected chi connectivity index (χ1v) is 14.7. The number of nitrogens with zero attached hydrogens (tertiary/aromatic N) is 2. The molecule has 1 amide bonds. The predicted octanol–water partition coefficient (Wildman–Crippen LogP) is 8.93. The molecule has 4 aromatic rings. The van der Waals surface area contributed by atoms with Gasteiger partial charge in [0.15, 0.2) is 0 Å². The van der Waals surface area contributed by atoms with Gasteiger partial charge in [0.1, 0.15) is 5.00 Å². The van der Waals surface area contributed by atoms with E-state index in [4.69, 9.17) is 4.99 Å². The monoisotopic (exact) mass is 537 g/mol. The number of aromatic nitrogens is 1. The number of hydrogen-bond donors (Lipinski definition) is 1. The molecule has 0 aliphatic heterocycles. The highest BCUT2D eigenvalue weighted by atomic mass is 32.1. The standard InChI is InChI=1S/C34H39N3OS/c1-21-12-11-13-22(2)31(21)37-23(3)18-25(24(37)4)20-35-33-30(32(38)36-27-14-9-8-10-15-27)28-17-16-26(34(5,6)7)19-29(28)39-33/h8-15,18,20,26H,16-17,19H2,1-7H3,(H,36,38)/t26-/m1/s1. The van der Waals surface area contributed by atoms with Crippen LogP contribution in [0.2, 0.25) is 0 Å². The van der Waals surface area contributed by atoms with Crippen LogP contribution in [0.3, 0.4) is 0 Å². The van der Waals surface area contributed by atoms with Crippen molar-refractivity contribution in [2.24, 2.45) is 16.3 Å². The maximum absolute atomic E-state index is 13.7. The van der Waals surface area contributed by atoms with Gasteiger partial charge in [-0.3, -0.25) is 4.79 Å². The molecule has 4 nitrogen and oxygen atoms in total. The van der Waals surface area contributed by atoms with Crippen LogP contribution >= 0.6 is 11.3 Å². The van der Waals surface area contributed by atoms with Gasteiger partial charge in [-0.05, 0) is 93.2 Å². The summed E-state index contributed by atoms with van der Waals surface area (Å²) >= 11 is 1.69. The van der Waals surface area contributed by atoms with E-state index in [9.17, 15) is 4.79 Å². The molecule has 2 aromatic heterocycles. The summed E-state index contributed by atoms with van der Waals surface area (Å²) < 4.78 is 2.32. The van der Waals surface area contributed by atoms with Crippen molar-refractivity contribution in [2.75, 3.05) is 5.32 Å². The van der Waals surface area contributed by atoms with E-state index in [1.807, 2.05) is 36.5 Å². The van der Waals surface area contributed by atoms with Crippen molar-refractivity contribution in [3.63, 3.8) is 0 Å². The summed E-state index contributed by atoms with van der Waals surface area (Å²) in [6.07, 6.45) is 4.97. The second-order valence-corrected chi connectivity index (χ2v) is 13.1. The van der Waals surface area contributed by atoms with E-state index < -0.39 is 0 Å². The molecule has 202 valence electrons. The maximum Gasteiger partial charge on any atom is 0.259 e. The van der Waals surface area contributed by atoms with Gasteiger partial charge in [0.05, 0.1) is 11.3 Å². The Morgan fingerprint density at radius 3 is 2.38 bits per heavy atom. The lowest BCUT2D eigenvalue weighted by molar-refractivity contribution is 0.102. The van der Waals surface area contributed by atoms with Crippen molar-refractivity contribution in [2.45, 2.75) is 67.7 Å². The summed E-state index contributed by atoms with van der Waals surface area (Å²) in [4.78, 5) is 20.0. The smallest absolute Gasteiger partial charge is 0.259 e. The molecular weight excluding hydrogens is 498 g/mol. The molecule has 1 aliphatic carbocycles. The van der Waals surface area contributed by atoms with Gasteiger partial charge in [-0.2, -0.15) is 0 Å². The minimum atomic E-state index is -0.0685. The zero-order chi connectivity index (χ0) is 27.9. The van der Waals surface area contributed by atoms with Gasteiger partial charge < -0.3 is 9.88 Å². The third-order valence-corrected chi connectivity index (χ3v) is 9.35. The number of anilines is 1. The Balaban J connectivity index is 1.54. The molecule has 0 spiro atoms.